The van der Waals surface area contributed by atoms with Gasteiger partial charge in [-0.05, 0) is 40.6 Å². The van der Waals surface area contributed by atoms with Gasteiger partial charge in [0, 0.05) is 4.43 Å². The second kappa shape index (κ2) is 8.15. The number of esters is 1. The molecule has 0 aliphatic heterocycles. The molecule has 0 aromatic heterocycles. The number of alkyl halides is 1. The van der Waals surface area contributed by atoms with E-state index < -0.39 is 0 Å². The molecule has 0 saturated heterocycles. The van der Waals surface area contributed by atoms with Gasteiger partial charge < -0.3 is 9.47 Å². The van der Waals surface area contributed by atoms with Crippen molar-refractivity contribution in [2.45, 2.75) is 6.61 Å². The summed E-state index contributed by atoms with van der Waals surface area (Å²) < 4.78 is 12.0. The Bertz CT molecular complexity index is 831. The Labute approximate surface area is 154 Å². The highest BCUT2D eigenvalue weighted by molar-refractivity contribution is 14.1. The fourth-order valence-corrected chi connectivity index (χ4v) is 2.62. The van der Waals surface area contributed by atoms with E-state index in [-0.39, 0.29) is 12.6 Å². The molecule has 0 saturated carbocycles. The van der Waals surface area contributed by atoms with Gasteiger partial charge in [-0.15, -0.1) is 0 Å². The summed E-state index contributed by atoms with van der Waals surface area (Å²) in [7, 11) is 0. The molecule has 0 aliphatic carbocycles. The van der Waals surface area contributed by atoms with Crippen molar-refractivity contribution >= 4 is 39.3 Å². The Kier molecular flexibility index (Phi) is 5.69. The molecule has 0 unspecified atom stereocenters. The van der Waals surface area contributed by atoms with Crippen molar-refractivity contribution in [3.05, 3.63) is 77.9 Å². The average molecular weight is 432 g/mol. The molecule has 3 aromatic carbocycles. The molecule has 0 aliphatic rings. The SMILES string of the molecule is O=C(OCc1ccccc1)c1ccc2ccc(OCCI)cc2c1. The lowest BCUT2D eigenvalue weighted by Crippen LogP contribution is -2.05. The Morgan fingerprint density at radius 1 is 0.917 bits per heavy atom. The van der Waals surface area contributed by atoms with Gasteiger partial charge in [-0.3, -0.25) is 0 Å². The summed E-state index contributed by atoms with van der Waals surface area (Å²) in [6.45, 7) is 0.946. The van der Waals surface area contributed by atoms with Crippen molar-refractivity contribution in [1.82, 2.24) is 0 Å². The monoisotopic (exact) mass is 432 g/mol. The van der Waals surface area contributed by atoms with E-state index in [1.807, 2.05) is 60.7 Å². The quantitative estimate of drug-likeness (QED) is 0.312. The van der Waals surface area contributed by atoms with E-state index in [4.69, 9.17) is 9.47 Å². The largest absolute Gasteiger partial charge is 0.493 e. The highest BCUT2D eigenvalue weighted by Crippen LogP contribution is 2.23. The third-order valence-electron chi connectivity index (χ3n) is 3.61. The molecule has 122 valence electrons. The van der Waals surface area contributed by atoms with Crippen LogP contribution < -0.4 is 4.74 Å². The van der Waals surface area contributed by atoms with Crippen LogP contribution >= 0.6 is 22.6 Å². The number of ether oxygens (including phenoxy) is 2. The van der Waals surface area contributed by atoms with Gasteiger partial charge in [-0.2, -0.15) is 0 Å². The Hall–Kier alpha value is -2.08. The smallest absolute Gasteiger partial charge is 0.338 e. The van der Waals surface area contributed by atoms with Gasteiger partial charge in [-0.25, -0.2) is 4.79 Å². The van der Waals surface area contributed by atoms with Gasteiger partial charge in [-0.1, -0.05) is 65.1 Å². The molecule has 3 aromatic rings. The van der Waals surface area contributed by atoms with Crippen molar-refractivity contribution in [1.29, 1.82) is 0 Å². The van der Waals surface area contributed by atoms with Crippen molar-refractivity contribution in [2.75, 3.05) is 11.0 Å². The molecule has 3 nitrogen and oxygen atoms in total. The Balaban J connectivity index is 1.74. The topological polar surface area (TPSA) is 35.5 Å². The highest BCUT2D eigenvalue weighted by atomic mass is 127. The van der Waals surface area contributed by atoms with Gasteiger partial charge in [0.15, 0.2) is 0 Å². The maximum Gasteiger partial charge on any atom is 0.338 e. The average Bonchev–Trinajstić information content (AvgIpc) is 2.64. The van der Waals surface area contributed by atoms with Gasteiger partial charge in [0.2, 0.25) is 0 Å². The van der Waals surface area contributed by atoms with Crippen LogP contribution in [0.25, 0.3) is 10.8 Å². The number of carbonyl (C=O) groups is 1. The molecule has 0 spiro atoms. The van der Waals surface area contributed by atoms with Crippen molar-refractivity contribution in [2.24, 2.45) is 0 Å². The van der Waals surface area contributed by atoms with E-state index in [0.29, 0.717) is 12.2 Å². The second-order valence-electron chi connectivity index (χ2n) is 5.32. The van der Waals surface area contributed by atoms with E-state index in [9.17, 15) is 4.79 Å². The first-order chi connectivity index (χ1) is 11.8. The van der Waals surface area contributed by atoms with Crippen LogP contribution in [0.1, 0.15) is 15.9 Å². The predicted molar refractivity (Wildman–Crippen MR) is 104 cm³/mol. The van der Waals surface area contributed by atoms with Crippen LogP contribution in [-0.4, -0.2) is 17.0 Å². The standard InChI is InChI=1S/C20H17IO3/c21-10-11-23-19-9-8-16-6-7-17(12-18(16)13-19)20(22)24-14-15-4-2-1-3-5-15/h1-9,12-13H,10-11,14H2. The number of benzene rings is 3. The zero-order valence-electron chi connectivity index (χ0n) is 13.1. The van der Waals surface area contributed by atoms with E-state index in [0.717, 1.165) is 26.5 Å². The normalized spacial score (nSPS) is 10.5. The molecule has 0 atom stereocenters. The summed E-state index contributed by atoms with van der Waals surface area (Å²) in [5.74, 6) is 0.494. The minimum atomic E-state index is -0.320. The zero-order chi connectivity index (χ0) is 16.8. The molecule has 0 N–H and O–H groups in total. The lowest BCUT2D eigenvalue weighted by molar-refractivity contribution is 0.0473. The predicted octanol–water partition coefficient (Wildman–Crippen LogP) is 5.01. The molecule has 0 bridgehead atoms. The van der Waals surface area contributed by atoms with Crippen LogP contribution in [0.2, 0.25) is 0 Å². The number of hydrogen-bond acceptors (Lipinski definition) is 3. The van der Waals surface area contributed by atoms with Crippen LogP contribution in [0, 0.1) is 0 Å². The summed E-state index contributed by atoms with van der Waals surface area (Å²) in [6.07, 6.45) is 0. The zero-order valence-corrected chi connectivity index (χ0v) is 15.2. The van der Waals surface area contributed by atoms with Crippen molar-refractivity contribution in [3.8, 4) is 5.75 Å². The molecule has 24 heavy (non-hydrogen) atoms. The molecular weight excluding hydrogens is 415 g/mol. The summed E-state index contributed by atoms with van der Waals surface area (Å²) in [5.41, 5.74) is 1.52. The van der Waals surface area contributed by atoms with Crippen LogP contribution in [-0.2, 0) is 11.3 Å². The summed E-state index contributed by atoms with van der Waals surface area (Å²) in [6, 6.07) is 21.1. The minimum Gasteiger partial charge on any atom is -0.493 e. The van der Waals surface area contributed by atoms with E-state index >= 15 is 0 Å². The maximum atomic E-state index is 12.3. The van der Waals surface area contributed by atoms with Crippen molar-refractivity contribution < 1.29 is 14.3 Å². The maximum absolute atomic E-state index is 12.3. The Morgan fingerprint density at radius 3 is 2.50 bits per heavy atom. The van der Waals surface area contributed by atoms with Crippen LogP contribution in [0.15, 0.2) is 66.7 Å². The Morgan fingerprint density at radius 2 is 1.71 bits per heavy atom. The number of rotatable bonds is 6. The van der Waals surface area contributed by atoms with Gasteiger partial charge in [0.25, 0.3) is 0 Å². The molecule has 0 fully saturated rings. The summed E-state index contributed by atoms with van der Waals surface area (Å²) >= 11 is 2.27. The first-order valence-corrected chi connectivity index (χ1v) is 9.22. The molecule has 0 radical (unpaired) electrons. The van der Waals surface area contributed by atoms with Gasteiger partial charge in [0.05, 0.1) is 12.2 Å². The summed E-state index contributed by atoms with van der Waals surface area (Å²) in [4.78, 5) is 12.3. The fraction of sp³-hybridized carbons (Fsp3) is 0.150. The lowest BCUT2D eigenvalue weighted by atomic mass is 10.1. The first-order valence-electron chi connectivity index (χ1n) is 7.70. The van der Waals surface area contributed by atoms with E-state index in [2.05, 4.69) is 22.6 Å². The van der Waals surface area contributed by atoms with Crippen LogP contribution in [0.4, 0.5) is 0 Å². The molecule has 3 rings (SSSR count). The van der Waals surface area contributed by atoms with Crippen LogP contribution in [0.5, 0.6) is 5.75 Å². The van der Waals surface area contributed by atoms with E-state index in [1.165, 1.54) is 0 Å². The fourth-order valence-electron chi connectivity index (χ4n) is 2.40. The second-order valence-corrected chi connectivity index (χ2v) is 6.40. The number of fused-ring (bicyclic) bond motifs is 1. The first kappa shape index (κ1) is 16.8. The lowest BCUT2D eigenvalue weighted by Gasteiger charge is -2.08. The summed E-state index contributed by atoms with van der Waals surface area (Å²) in [5, 5.41) is 2.03. The van der Waals surface area contributed by atoms with Crippen molar-refractivity contribution in [3.63, 3.8) is 0 Å². The van der Waals surface area contributed by atoms with Gasteiger partial charge >= 0.3 is 5.97 Å². The third-order valence-corrected chi connectivity index (χ3v) is 4.05. The highest BCUT2D eigenvalue weighted by Gasteiger charge is 2.09. The molecular formula is C20H17IO3. The van der Waals surface area contributed by atoms with Gasteiger partial charge in [0.1, 0.15) is 12.4 Å². The number of hydrogen-bond donors (Lipinski definition) is 0. The van der Waals surface area contributed by atoms with E-state index in [1.54, 1.807) is 6.07 Å². The minimum absolute atomic E-state index is 0.274. The third kappa shape index (κ3) is 4.26. The number of halogens is 1. The number of carbonyl (C=O) groups excluding carboxylic acids is 1. The van der Waals surface area contributed by atoms with Crippen LogP contribution in [0.3, 0.4) is 0 Å². The molecule has 4 heteroatoms. The molecule has 0 heterocycles. The molecule has 0 amide bonds.